The van der Waals surface area contributed by atoms with Crippen LogP contribution in [-0.4, -0.2) is 24.3 Å². The van der Waals surface area contributed by atoms with Crippen molar-refractivity contribution in [3.8, 4) is 0 Å². The summed E-state index contributed by atoms with van der Waals surface area (Å²) in [6.07, 6.45) is 7.13. The van der Waals surface area contributed by atoms with Crippen LogP contribution in [0.25, 0.3) is 0 Å². The molecule has 3 N–H and O–H groups in total. The van der Waals surface area contributed by atoms with Gasteiger partial charge in [-0.1, -0.05) is 6.07 Å². The van der Waals surface area contributed by atoms with E-state index in [4.69, 9.17) is 0 Å². The Hall–Kier alpha value is -1.89. The molecule has 1 aromatic rings. The Morgan fingerprint density at radius 1 is 1.04 bits per heavy atom. The van der Waals surface area contributed by atoms with E-state index in [2.05, 4.69) is 16.2 Å². The van der Waals surface area contributed by atoms with Crippen LogP contribution in [0, 0.1) is 23.2 Å². The van der Waals surface area contributed by atoms with E-state index in [-0.39, 0.29) is 29.6 Å². The highest BCUT2D eigenvalue weighted by Gasteiger charge is 2.54. The van der Waals surface area contributed by atoms with Crippen LogP contribution in [0.15, 0.2) is 17.5 Å². The number of rotatable bonds is 5. The van der Waals surface area contributed by atoms with Gasteiger partial charge in [0.15, 0.2) is 0 Å². The van der Waals surface area contributed by atoms with Crippen LogP contribution in [0.3, 0.4) is 0 Å². The first-order chi connectivity index (χ1) is 12.5. The van der Waals surface area contributed by atoms with Gasteiger partial charge in [0.2, 0.25) is 11.8 Å². The predicted molar refractivity (Wildman–Crippen MR) is 98.2 cm³/mol. The first-order valence-corrected chi connectivity index (χ1v) is 10.3. The van der Waals surface area contributed by atoms with Crippen LogP contribution < -0.4 is 16.2 Å². The van der Waals surface area contributed by atoms with E-state index in [0.717, 1.165) is 37.0 Å². The molecule has 4 aliphatic carbocycles. The van der Waals surface area contributed by atoms with Gasteiger partial charge in [-0.2, -0.15) is 0 Å². The molecule has 5 rings (SSSR count). The summed E-state index contributed by atoms with van der Waals surface area (Å²) in [6.45, 7) is 0.307. The van der Waals surface area contributed by atoms with Gasteiger partial charge in [-0.05, 0) is 67.7 Å². The van der Waals surface area contributed by atoms with Gasteiger partial charge in [-0.3, -0.25) is 25.2 Å². The highest BCUT2D eigenvalue weighted by atomic mass is 32.1. The third kappa shape index (κ3) is 3.49. The molecule has 1 aromatic heterocycles. The summed E-state index contributed by atoms with van der Waals surface area (Å²) in [4.78, 5) is 37.0. The SMILES string of the molecule is O=C(CCNC(=O)C12CC3CC(CC(C3)C1)C2)NNC(=O)c1cccs1. The van der Waals surface area contributed by atoms with E-state index in [1.165, 1.54) is 30.6 Å². The predicted octanol–water partition coefficient (Wildman–Crippen LogP) is 2.23. The Morgan fingerprint density at radius 2 is 1.69 bits per heavy atom. The molecule has 140 valence electrons. The summed E-state index contributed by atoms with van der Waals surface area (Å²) in [5.41, 5.74) is 4.61. The molecule has 0 spiro atoms. The van der Waals surface area contributed by atoms with Crippen LogP contribution in [-0.2, 0) is 9.59 Å². The van der Waals surface area contributed by atoms with Crippen LogP contribution in [0.1, 0.15) is 54.6 Å². The molecule has 0 unspecified atom stereocenters. The van der Waals surface area contributed by atoms with Gasteiger partial charge in [0.05, 0.1) is 4.88 Å². The average molecular weight is 375 g/mol. The molecule has 4 fully saturated rings. The lowest BCUT2D eigenvalue weighted by atomic mass is 9.49. The zero-order valence-electron chi connectivity index (χ0n) is 14.8. The van der Waals surface area contributed by atoms with Crippen molar-refractivity contribution in [2.75, 3.05) is 6.54 Å². The smallest absolute Gasteiger partial charge is 0.279 e. The Balaban J connectivity index is 1.20. The maximum absolute atomic E-state index is 12.8. The maximum Gasteiger partial charge on any atom is 0.279 e. The highest BCUT2D eigenvalue weighted by Crippen LogP contribution is 2.60. The minimum Gasteiger partial charge on any atom is -0.355 e. The maximum atomic E-state index is 12.8. The normalized spacial score (nSPS) is 31.5. The van der Waals surface area contributed by atoms with E-state index in [1.807, 2.05) is 0 Å². The third-order valence-corrected chi connectivity index (χ3v) is 7.09. The van der Waals surface area contributed by atoms with Gasteiger partial charge >= 0.3 is 0 Å². The number of thiophene rings is 1. The van der Waals surface area contributed by atoms with Crippen molar-refractivity contribution in [2.24, 2.45) is 23.2 Å². The molecule has 6 nitrogen and oxygen atoms in total. The van der Waals surface area contributed by atoms with E-state index in [0.29, 0.717) is 11.4 Å². The molecule has 0 saturated heterocycles. The third-order valence-electron chi connectivity index (χ3n) is 6.22. The second kappa shape index (κ2) is 7.02. The van der Waals surface area contributed by atoms with Crippen LogP contribution in [0.4, 0.5) is 0 Å². The quantitative estimate of drug-likeness (QED) is 0.690. The fraction of sp³-hybridized carbons (Fsp3) is 0.632. The van der Waals surface area contributed by atoms with Crippen molar-refractivity contribution in [3.63, 3.8) is 0 Å². The van der Waals surface area contributed by atoms with Crippen molar-refractivity contribution >= 4 is 29.1 Å². The van der Waals surface area contributed by atoms with Gasteiger partial charge in [0.25, 0.3) is 5.91 Å². The topological polar surface area (TPSA) is 87.3 Å². The largest absolute Gasteiger partial charge is 0.355 e. The van der Waals surface area contributed by atoms with Crippen molar-refractivity contribution < 1.29 is 14.4 Å². The zero-order valence-corrected chi connectivity index (χ0v) is 15.6. The lowest BCUT2D eigenvalue weighted by Crippen LogP contribution is -2.54. The van der Waals surface area contributed by atoms with Crippen molar-refractivity contribution in [3.05, 3.63) is 22.4 Å². The second-order valence-corrected chi connectivity index (χ2v) is 9.13. The molecule has 3 amide bonds. The summed E-state index contributed by atoms with van der Waals surface area (Å²) in [5, 5.41) is 4.78. The summed E-state index contributed by atoms with van der Waals surface area (Å²) < 4.78 is 0. The van der Waals surface area contributed by atoms with Crippen LogP contribution in [0.2, 0.25) is 0 Å². The summed E-state index contributed by atoms with van der Waals surface area (Å²) in [6, 6.07) is 3.47. The molecule has 4 bridgehead atoms. The van der Waals surface area contributed by atoms with Crippen LogP contribution >= 0.6 is 11.3 Å². The summed E-state index contributed by atoms with van der Waals surface area (Å²) >= 11 is 1.31. The zero-order chi connectivity index (χ0) is 18.1. The fourth-order valence-electron chi connectivity index (χ4n) is 5.52. The molecule has 1 heterocycles. The lowest BCUT2D eigenvalue weighted by molar-refractivity contribution is -0.146. The summed E-state index contributed by atoms with van der Waals surface area (Å²) in [7, 11) is 0. The van der Waals surface area contributed by atoms with Gasteiger partial charge in [-0.25, -0.2) is 0 Å². The highest BCUT2D eigenvalue weighted by molar-refractivity contribution is 7.12. The Morgan fingerprint density at radius 3 is 2.27 bits per heavy atom. The first kappa shape index (κ1) is 17.5. The number of amides is 3. The molecule has 4 saturated carbocycles. The number of carbonyl (C=O) groups excluding carboxylic acids is 3. The number of hydrogen-bond acceptors (Lipinski definition) is 4. The number of carbonyl (C=O) groups is 3. The van der Waals surface area contributed by atoms with Gasteiger partial charge in [0.1, 0.15) is 0 Å². The first-order valence-electron chi connectivity index (χ1n) is 9.45. The average Bonchev–Trinajstić information content (AvgIpc) is 3.13. The minimum atomic E-state index is -0.328. The van der Waals surface area contributed by atoms with Crippen molar-refractivity contribution in [2.45, 2.75) is 44.9 Å². The number of nitrogens with one attached hydrogen (secondary N) is 3. The van der Waals surface area contributed by atoms with Gasteiger partial charge in [-0.15, -0.1) is 11.3 Å². The molecule has 0 aromatic carbocycles. The minimum absolute atomic E-state index is 0.132. The summed E-state index contributed by atoms with van der Waals surface area (Å²) in [5.74, 6) is 1.67. The molecule has 0 radical (unpaired) electrons. The van der Waals surface area contributed by atoms with E-state index < -0.39 is 0 Å². The fourth-order valence-corrected chi connectivity index (χ4v) is 6.14. The Labute approximate surface area is 157 Å². The van der Waals surface area contributed by atoms with Gasteiger partial charge in [0, 0.05) is 18.4 Å². The molecule has 0 atom stereocenters. The molecule has 26 heavy (non-hydrogen) atoms. The number of hydrazine groups is 1. The molecule has 7 heteroatoms. The molecule has 0 aliphatic heterocycles. The standard InChI is InChI=1S/C19H25N3O3S/c23-16(21-22-17(24)15-2-1-5-26-15)3-4-20-18(25)19-9-12-6-13(10-19)8-14(7-12)11-19/h1-2,5,12-14H,3-4,6-11H2,(H,20,25)(H,21,23)(H,22,24). The monoisotopic (exact) mass is 375 g/mol. The second-order valence-electron chi connectivity index (χ2n) is 8.18. The van der Waals surface area contributed by atoms with E-state index in [9.17, 15) is 14.4 Å². The lowest BCUT2D eigenvalue weighted by Gasteiger charge is -2.55. The van der Waals surface area contributed by atoms with Crippen LogP contribution in [0.5, 0.6) is 0 Å². The Kier molecular flexibility index (Phi) is 4.73. The number of hydrogen-bond donors (Lipinski definition) is 3. The van der Waals surface area contributed by atoms with E-state index >= 15 is 0 Å². The van der Waals surface area contributed by atoms with Crippen molar-refractivity contribution in [1.82, 2.24) is 16.2 Å². The van der Waals surface area contributed by atoms with Gasteiger partial charge < -0.3 is 5.32 Å². The molecular formula is C19H25N3O3S. The Bertz CT molecular complexity index is 666. The molecule has 4 aliphatic rings. The molecular weight excluding hydrogens is 350 g/mol. The van der Waals surface area contributed by atoms with Crippen molar-refractivity contribution in [1.29, 1.82) is 0 Å². The van der Waals surface area contributed by atoms with E-state index in [1.54, 1.807) is 17.5 Å².